The van der Waals surface area contributed by atoms with Gasteiger partial charge in [-0.3, -0.25) is 4.79 Å². The lowest BCUT2D eigenvalue weighted by atomic mass is 9.69. The molecule has 0 aromatic heterocycles. The topological polar surface area (TPSA) is 17.1 Å². The molecule has 1 nitrogen and oxygen atoms in total. The fraction of sp³-hybridized carbons (Fsp3) is 0.389. The Morgan fingerprint density at radius 1 is 1.26 bits per heavy atom. The van der Waals surface area contributed by atoms with E-state index in [1.165, 1.54) is 5.57 Å². The van der Waals surface area contributed by atoms with E-state index in [-0.39, 0.29) is 11.7 Å². The van der Waals surface area contributed by atoms with E-state index in [9.17, 15) is 4.79 Å². The fourth-order valence-electron chi connectivity index (χ4n) is 4.38. The molecule has 0 N–H and O–H groups in total. The van der Waals surface area contributed by atoms with Gasteiger partial charge < -0.3 is 0 Å². The Bertz CT molecular complexity index is 701. The molecule has 4 unspecified atom stereocenters. The largest absolute Gasteiger partial charge is 0.298 e. The summed E-state index contributed by atoms with van der Waals surface area (Å²) in [7, 11) is 0. The summed E-state index contributed by atoms with van der Waals surface area (Å²) < 4.78 is 8.91. The standard InChI is InChI=1S/C18H18O/c1-11-10-17(2)13(9-12-7-5-4-6-8-12)15-14(11)18(15,3)16(17)19/h4-10,14-15H,1-3H3/b13-9-/i15D. The first-order chi connectivity index (χ1) is 9.36. The number of benzene rings is 1. The summed E-state index contributed by atoms with van der Waals surface area (Å²) in [5, 5.41) is 0. The molecule has 96 valence electrons. The first kappa shape index (κ1) is 10.2. The van der Waals surface area contributed by atoms with E-state index >= 15 is 0 Å². The van der Waals surface area contributed by atoms with E-state index in [2.05, 4.69) is 19.1 Å². The van der Waals surface area contributed by atoms with Crippen molar-refractivity contribution in [1.29, 1.82) is 0 Å². The predicted octanol–water partition coefficient (Wildman–Crippen LogP) is 3.87. The van der Waals surface area contributed by atoms with Gasteiger partial charge in [-0.25, -0.2) is 0 Å². The number of rotatable bonds is 1. The zero-order valence-electron chi connectivity index (χ0n) is 12.5. The first-order valence-electron chi connectivity index (χ1n) is 7.39. The Kier molecular flexibility index (Phi) is 1.66. The lowest BCUT2D eigenvalue weighted by Crippen LogP contribution is -2.34. The maximum absolute atomic E-state index is 12.8. The minimum Gasteiger partial charge on any atom is -0.298 e. The molecule has 2 saturated carbocycles. The molecule has 4 aliphatic carbocycles. The third kappa shape index (κ3) is 1.10. The van der Waals surface area contributed by atoms with Crippen LogP contribution in [-0.4, -0.2) is 5.78 Å². The second kappa shape index (κ2) is 3.09. The van der Waals surface area contributed by atoms with Gasteiger partial charge >= 0.3 is 0 Å². The van der Waals surface area contributed by atoms with Gasteiger partial charge in [0, 0.05) is 18.6 Å². The van der Waals surface area contributed by atoms with Crippen LogP contribution < -0.4 is 0 Å². The molecule has 2 fully saturated rings. The molecule has 5 rings (SSSR count). The van der Waals surface area contributed by atoms with Gasteiger partial charge in [0.05, 0.1) is 5.41 Å². The lowest BCUT2D eigenvalue weighted by molar-refractivity contribution is -0.128. The van der Waals surface area contributed by atoms with E-state index < -0.39 is 16.7 Å². The van der Waals surface area contributed by atoms with E-state index in [4.69, 9.17) is 1.37 Å². The van der Waals surface area contributed by atoms with Crippen LogP contribution in [0.15, 0.2) is 47.6 Å². The van der Waals surface area contributed by atoms with Crippen LogP contribution in [0.5, 0.6) is 0 Å². The number of ketones is 1. The van der Waals surface area contributed by atoms with Crippen LogP contribution in [0.25, 0.3) is 6.08 Å². The molecule has 4 atom stereocenters. The van der Waals surface area contributed by atoms with Crippen molar-refractivity contribution in [1.82, 2.24) is 0 Å². The number of allylic oxidation sites excluding steroid dienone is 3. The summed E-state index contributed by atoms with van der Waals surface area (Å²) in [5.41, 5.74) is 2.21. The lowest BCUT2D eigenvalue weighted by Gasteiger charge is -2.33. The highest BCUT2D eigenvalue weighted by Crippen LogP contribution is 2.78. The van der Waals surface area contributed by atoms with Crippen LogP contribution in [0.4, 0.5) is 0 Å². The molecule has 0 saturated heterocycles. The Hall–Kier alpha value is -1.63. The molecule has 1 aromatic carbocycles. The van der Waals surface area contributed by atoms with Crippen molar-refractivity contribution in [3.05, 3.63) is 53.1 Å². The van der Waals surface area contributed by atoms with Crippen molar-refractivity contribution in [3.8, 4) is 0 Å². The Labute approximate surface area is 115 Å². The second-order valence-electron chi connectivity index (χ2n) is 6.44. The highest BCUT2D eigenvalue weighted by atomic mass is 16.1. The summed E-state index contributed by atoms with van der Waals surface area (Å²) in [4.78, 5) is 12.8. The van der Waals surface area contributed by atoms with Crippen molar-refractivity contribution in [2.24, 2.45) is 22.6 Å². The summed E-state index contributed by atoms with van der Waals surface area (Å²) in [6.45, 7) is 6.04. The number of carbonyl (C=O) groups excluding carboxylic acids is 1. The molecule has 0 radical (unpaired) electrons. The van der Waals surface area contributed by atoms with Crippen LogP contribution >= 0.6 is 0 Å². The van der Waals surface area contributed by atoms with Crippen molar-refractivity contribution in [2.45, 2.75) is 20.8 Å². The maximum Gasteiger partial charge on any atom is 0.153 e. The zero-order chi connectivity index (χ0) is 14.3. The minimum atomic E-state index is -0.715. The fourth-order valence-corrected chi connectivity index (χ4v) is 4.38. The average molecular weight is 251 g/mol. The smallest absolute Gasteiger partial charge is 0.153 e. The highest BCUT2D eigenvalue weighted by Gasteiger charge is 2.79. The third-order valence-electron chi connectivity index (χ3n) is 5.22. The Morgan fingerprint density at radius 3 is 2.58 bits per heavy atom. The van der Waals surface area contributed by atoms with Gasteiger partial charge in [0.2, 0.25) is 0 Å². The van der Waals surface area contributed by atoms with E-state index in [1.54, 1.807) is 0 Å². The van der Waals surface area contributed by atoms with Gasteiger partial charge in [0.1, 0.15) is 0 Å². The zero-order valence-corrected chi connectivity index (χ0v) is 11.5. The van der Waals surface area contributed by atoms with Gasteiger partial charge in [-0.05, 0) is 25.0 Å². The predicted molar refractivity (Wildman–Crippen MR) is 76.4 cm³/mol. The van der Waals surface area contributed by atoms with Crippen LogP contribution in [0.3, 0.4) is 0 Å². The third-order valence-corrected chi connectivity index (χ3v) is 5.22. The highest BCUT2D eigenvalue weighted by molar-refractivity contribution is 6.06. The SMILES string of the molecule is [2H]C12/C(=C/c3ccccc3)C3(C)C=C(C)C1C2(C)C3=O. The maximum atomic E-state index is 12.8. The van der Waals surface area contributed by atoms with Gasteiger partial charge in [-0.1, -0.05) is 55.0 Å². The van der Waals surface area contributed by atoms with Gasteiger partial charge in [0.15, 0.2) is 5.78 Å². The molecule has 0 aliphatic heterocycles. The van der Waals surface area contributed by atoms with Crippen molar-refractivity contribution in [2.75, 3.05) is 0 Å². The van der Waals surface area contributed by atoms with Crippen molar-refractivity contribution < 1.29 is 6.17 Å². The van der Waals surface area contributed by atoms with Crippen LogP contribution in [0, 0.1) is 22.6 Å². The molecular weight excluding hydrogens is 232 g/mol. The normalized spacial score (nSPS) is 49.1. The second-order valence-corrected chi connectivity index (χ2v) is 6.44. The van der Waals surface area contributed by atoms with Gasteiger partial charge in [-0.2, -0.15) is 0 Å². The van der Waals surface area contributed by atoms with E-state index in [0.29, 0.717) is 0 Å². The van der Waals surface area contributed by atoms with Crippen molar-refractivity contribution >= 4 is 11.9 Å². The Morgan fingerprint density at radius 2 is 1.95 bits per heavy atom. The molecule has 4 aliphatic rings. The summed E-state index contributed by atoms with van der Waals surface area (Å²) >= 11 is 0. The number of hydrogen-bond donors (Lipinski definition) is 0. The Balaban J connectivity index is 1.96. The molecular formula is C18H18O. The molecule has 0 spiro atoms. The van der Waals surface area contributed by atoms with Crippen LogP contribution in [0.1, 0.15) is 27.7 Å². The summed E-state index contributed by atoms with van der Waals surface area (Å²) in [6.07, 6.45) is 4.16. The average Bonchev–Trinajstić information content (AvgIpc) is 2.91. The minimum absolute atomic E-state index is 0.0827. The van der Waals surface area contributed by atoms with Crippen LogP contribution in [-0.2, 0) is 4.79 Å². The molecule has 1 aromatic rings. The molecule has 0 amide bonds. The van der Waals surface area contributed by atoms with Crippen LogP contribution in [0.2, 0.25) is 0 Å². The monoisotopic (exact) mass is 251 g/mol. The first-order valence-corrected chi connectivity index (χ1v) is 6.89. The molecule has 19 heavy (non-hydrogen) atoms. The summed E-state index contributed by atoms with van der Waals surface area (Å²) in [5.74, 6) is -0.398. The van der Waals surface area contributed by atoms with Gasteiger partial charge in [0.25, 0.3) is 0 Å². The summed E-state index contributed by atoms with van der Waals surface area (Å²) in [6, 6.07) is 10.0. The van der Waals surface area contributed by atoms with Crippen molar-refractivity contribution in [3.63, 3.8) is 0 Å². The quantitative estimate of drug-likeness (QED) is 0.692. The number of hydrogen-bond acceptors (Lipinski definition) is 1. The molecule has 1 heteroatoms. The molecule has 4 bridgehead atoms. The van der Waals surface area contributed by atoms with E-state index in [1.807, 2.05) is 44.2 Å². The number of carbonyl (C=O) groups is 1. The van der Waals surface area contributed by atoms with E-state index in [0.717, 1.165) is 11.1 Å². The molecule has 0 heterocycles. The van der Waals surface area contributed by atoms with Gasteiger partial charge in [-0.15, -0.1) is 0 Å². The number of Topliss-reactive ketones (excluding diaryl/α,β-unsaturated/α-hetero) is 1.